The van der Waals surface area contributed by atoms with E-state index in [1.165, 1.54) is 18.2 Å². The first-order valence-electron chi connectivity index (χ1n) is 5.97. The highest BCUT2D eigenvalue weighted by atomic mass is 19.1. The highest BCUT2D eigenvalue weighted by molar-refractivity contribution is 5.34. The third-order valence-electron chi connectivity index (χ3n) is 2.79. The maximum atomic E-state index is 13.4. The molecule has 2 aromatic rings. The molecule has 0 fully saturated rings. The number of hydrogen-bond acceptors (Lipinski definition) is 2. The van der Waals surface area contributed by atoms with Gasteiger partial charge in [0.05, 0.1) is 5.56 Å². The Balaban J connectivity index is 2.15. The van der Waals surface area contributed by atoms with Gasteiger partial charge in [-0.15, -0.1) is 0 Å². The SMILES string of the molecule is OCCc1ccccc1OCc1c(F)cccc1F. The Morgan fingerprint density at radius 2 is 1.63 bits per heavy atom. The zero-order valence-electron chi connectivity index (χ0n) is 10.3. The second-order valence-corrected chi connectivity index (χ2v) is 4.07. The Labute approximate surface area is 110 Å². The van der Waals surface area contributed by atoms with E-state index in [4.69, 9.17) is 9.84 Å². The van der Waals surface area contributed by atoms with E-state index in [9.17, 15) is 8.78 Å². The van der Waals surface area contributed by atoms with E-state index in [0.29, 0.717) is 12.2 Å². The van der Waals surface area contributed by atoms with Gasteiger partial charge in [-0.25, -0.2) is 8.78 Å². The molecular weight excluding hydrogens is 250 g/mol. The maximum Gasteiger partial charge on any atom is 0.132 e. The molecule has 0 saturated heterocycles. The van der Waals surface area contributed by atoms with Gasteiger partial charge < -0.3 is 9.84 Å². The summed E-state index contributed by atoms with van der Waals surface area (Å²) in [5, 5.41) is 8.94. The third-order valence-corrected chi connectivity index (χ3v) is 2.79. The molecule has 0 saturated carbocycles. The van der Waals surface area contributed by atoms with Crippen molar-refractivity contribution in [3.8, 4) is 5.75 Å². The van der Waals surface area contributed by atoms with Gasteiger partial charge in [-0.05, 0) is 30.2 Å². The van der Waals surface area contributed by atoms with E-state index >= 15 is 0 Å². The molecular formula is C15H14F2O2. The topological polar surface area (TPSA) is 29.5 Å². The molecule has 0 unspecified atom stereocenters. The van der Waals surface area contributed by atoms with Gasteiger partial charge in [0, 0.05) is 6.61 Å². The van der Waals surface area contributed by atoms with E-state index in [2.05, 4.69) is 0 Å². The predicted molar refractivity (Wildman–Crippen MR) is 67.9 cm³/mol. The van der Waals surface area contributed by atoms with Crippen molar-refractivity contribution in [2.45, 2.75) is 13.0 Å². The van der Waals surface area contributed by atoms with Crippen molar-refractivity contribution in [3.63, 3.8) is 0 Å². The lowest BCUT2D eigenvalue weighted by molar-refractivity contribution is 0.277. The van der Waals surface area contributed by atoms with Crippen molar-refractivity contribution < 1.29 is 18.6 Å². The van der Waals surface area contributed by atoms with Crippen LogP contribution in [0.25, 0.3) is 0 Å². The van der Waals surface area contributed by atoms with Crippen LogP contribution < -0.4 is 4.74 Å². The smallest absolute Gasteiger partial charge is 0.132 e. The minimum Gasteiger partial charge on any atom is -0.488 e. The number of aliphatic hydroxyl groups is 1. The summed E-state index contributed by atoms with van der Waals surface area (Å²) < 4.78 is 32.3. The fourth-order valence-corrected chi connectivity index (χ4v) is 1.79. The molecule has 2 rings (SSSR count). The molecule has 0 atom stereocenters. The van der Waals surface area contributed by atoms with Gasteiger partial charge in [0.15, 0.2) is 0 Å². The number of para-hydroxylation sites is 1. The Kier molecular flexibility index (Phi) is 4.47. The summed E-state index contributed by atoms with van der Waals surface area (Å²) in [4.78, 5) is 0. The van der Waals surface area contributed by atoms with Gasteiger partial charge in [0.2, 0.25) is 0 Å². The molecule has 0 spiro atoms. The van der Waals surface area contributed by atoms with Crippen molar-refractivity contribution in [2.24, 2.45) is 0 Å². The van der Waals surface area contributed by atoms with Crippen molar-refractivity contribution in [2.75, 3.05) is 6.61 Å². The quantitative estimate of drug-likeness (QED) is 0.899. The fraction of sp³-hybridized carbons (Fsp3) is 0.200. The van der Waals surface area contributed by atoms with Crippen LogP contribution in [-0.4, -0.2) is 11.7 Å². The number of halogens is 2. The van der Waals surface area contributed by atoms with E-state index < -0.39 is 11.6 Å². The number of benzene rings is 2. The molecule has 4 heteroatoms. The lowest BCUT2D eigenvalue weighted by atomic mass is 10.1. The van der Waals surface area contributed by atoms with Gasteiger partial charge in [0.1, 0.15) is 24.0 Å². The largest absolute Gasteiger partial charge is 0.488 e. The molecule has 0 aliphatic carbocycles. The Morgan fingerprint density at radius 1 is 0.947 bits per heavy atom. The molecule has 0 amide bonds. The zero-order valence-corrected chi connectivity index (χ0v) is 10.3. The van der Waals surface area contributed by atoms with Crippen LogP contribution in [-0.2, 0) is 13.0 Å². The molecule has 0 radical (unpaired) electrons. The minimum atomic E-state index is -0.625. The molecule has 2 aromatic carbocycles. The van der Waals surface area contributed by atoms with Crippen molar-refractivity contribution in [1.82, 2.24) is 0 Å². The molecule has 0 aromatic heterocycles. The summed E-state index contributed by atoms with van der Waals surface area (Å²) in [6, 6.07) is 10.8. The molecule has 2 nitrogen and oxygen atoms in total. The average Bonchev–Trinajstić information content (AvgIpc) is 2.40. The summed E-state index contributed by atoms with van der Waals surface area (Å²) >= 11 is 0. The van der Waals surface area contributed by atoms with Crippen molar-refractivity contribution >= 4 is 0 Å². The minimum absolute atomic E-state index is 0.00552. The second kappa shape index (κ2) is 6.29. The normalized spacial score (nSPS) is 10.5. The van der Waals surface area contributed by atoms with Crippen LogP contribution in [0, 0.1) is 11.6 Å². The third kappa shape index (κ3) is 3.29. The zero-order chi connectivity index (χ0) is 13.7. The van der Waals surface area contributed by atoms with E-state index in [0.717, 1.165) is 5.56 Å². The van der Waals surface area contributed by atoms with Crippen molar-refractivity contribution in [3.05, 3.63) is 65.2 Å². The number of rotatable bonds is 5. The Bertz CT molecular complexity index is 535. The summed E-state index contributed by atoms with van der Waals surface area (Å²) in [5.74, 6) is -0.724. The average molecular weight is 264 g/mol. The summed E-state index contributed by atoms with van der Waals surface area (Å²) in [7, 11) is 0. The molecule has 0 aliphatic heterocycles. The summed E-state index contributed by atoms with van der Waals surface area (Å²) in [6.45, 7) is -0.185. The summed E-state index contributed by atoms with van der Waals surface area (Å²) in [6.07, 6.45) is 0.440. The molecule has 0 aliphatic rings. The molecule has 1 N–H and O–H groups in total. The first-order valence-corrected chi connectivity index (χ1v) is 5.97. The molecule has 19 heavy (non-hydrogen) atoms. The van der Waals surface area contributed by atoms with Crippen LogP contribution in [0.15, 0.2) is 42.5 Å². The second-order valence-electron chi connectivity index (χ2n) is 4.07. The van der Waals surface area contributed by atoms with Crippen LogP contribution >= 0.6 is 0 Å². The van der Waals surface area contributed by atoms with Crippen LogP contribution in [0.3, 0.4) is 0 Å². The highest BCUT2D eigenvalue weighted by Crippen LogP contribution is 2.21. The Morgan fingerprint density at radius 3 is 2.32 bits per heavy atom. The van der Waals surface area contributed by atoms with Crippen LogP contribution in [0.2, 0.25) is 0 Å². The Hall–Kier alpha value is -1.94. The lowest BCUT2D eigenvalue weighted by Gasteiger charge is -2.11. The summed E-state index contributed by atoms with van der Waals surface area (Å²) in [5.41, 5.74) is 0.711. The van der Waals surface area contributed by atoms with E-state index in [1.54, 1.807) is 12.1 Å². The number of ether oxygens (including phenoxy) is 1. The fourth-order valence-electron chi connectivity index (χ4n) is 1.79. The maximum absolute atomic E-state index is 13.4. The molecule has 0 heterocycles. The highest BCUT2D eigenvalue weighted by Gasteiger charge is 2.10. The first-order chi connectivity index (χ1) is 9.22. The van der Waals surface area contributed by atoms with Gasteiger partial charge in [0.25, 0.3) is 0 Å². The monoisotopic (exact) mass is 264 g/mol. The van der Waals surface area contributed by atoms with Crippen LogP contribution in [0.4, 0.5) is 8.78 Å². The van der Waals surface area contributed by atoms with Crippen LogP contribution in [0.5, 0.6) is 5.75 Å². The molecule has 100 valence electrons. The number of hydrogen-bond donors (Lipinski definition) is 1. The van der Waals surface area contributed by atoms with E-state index in [-0.39, 0.29) is 18.8 Å². The predicted octanol–water partition coefficient (Wildman–Crippen LogP) is 3.08. The van der Waals surface area contributed by atoms with Gasteiger partial charge in [-0.2, -0.15) is 0 Å². The van der Waals surface area contributed by atoms with Crippen LogP contribution in [0.1, 0.15) is 11.1 Å². The molecule has 0 bridgehead atoms. The first kappa shape index (κ1) is 13.5. The number of aliphatic hydroxyl groups excluding tert-OH is 1. The lowest BCUT2D eigenvalue weighted by Crippen LogP contribution is -2.04. The van der Waals surface area contributed by atoms with Gasteiger partial charge in [-0.1, -0.05) is 24.3 Å². The van der Waals surface area contributed by atoms with Gasteiger partial charge in [-0.3, -0.25) is 0 Å². The van der Waals surface area contributed by atoms with E-state index in [1.807, 2.05) is 12.1 Å². The van der Waals surface area contributed by atoms with Crippen molar-refractivity contribution in [1.29, 1.82) is 0 Å². The standard InChI is InChI=1S/C15H14F2O2/c16-13-5-3-6-14(17)12(13)10-19-15-7-2-1-4-11(15)8-9-18/h1-7,18H,8-10H2. The van der Waals surface area contributed by atoms with Gasteiger partial charge >= 0.3 is 0 Å².